The molecule has 3 rings (SSSR count). The van der Waals surface area contributed by atoms with Crippen molar-refractivity contribution in [1.82, 2.24) is 4.90 Å². The number of rotatable bonds is 3. The van der Waals surface area contributed by atoms with Gasteiger partial charge in [-0.05, 0) is 61.3 Å². The second kappa shape index (κ2) is 6.69. The molecule has 0 unspecified atom stereocenters. The molecule has 0 aromatic heterocycles. The van der Waals surface area contributed by atoms with Crippen LogP contribution < -0.4 is 10.1 Å². The lowest BCUT2D eigenvalue weighted by molar-refractivity contribution is 0.313. The third kappa shape index (κ3) is 3.54. The van der Waals surface area contributed by atoms with Gasteiger partial charge in [-0.15, -0.1) is 0 Å². The maximum absolute atomic E-state index is 5.58. The normalized spacial score (nSPS) is 14.2. The number of fused-ring (bicyclic) bond motifs is 1. The molecule has 0 atom stereocenters. The lowest BCUT2D eigenvalue weighted by atomic mass is 9.99. The summed E-state index contributed by atoms with van der Waals surface area (Å²) in [6.07, 6.45) is 1.11. The monoisotopic (exact) mass is 326 g/mol. The maximum Gasteiger partial charge on any atom is 0.129 e. The number of nitrogens with zero attached hydrogens (tertiary/aromatic N) is 1. The van der Waals surface area contributed by atoms with Gasteiger partial charge < -0.3 is 15.0 Å². The summed E-state index contributed by atoms with van der Waals surface area (Å²) in [7, 11) is 3.83. The van der Waals surface area contributed by atoms with Crippen LogP contribution >= 0.6 is 12.2 Å². The molecule has 0 saturated heterocycles. The van der Waals surface area contributed by atoms with Crippen molar-refractivity contribution in [3.63, 3.8) is 0 Å². The molecule has 4 heteroatoms. The summed E-state index contributed by atoms with van der Waals surface area (Å²) in [6.45, 7) is 4.16. The molecule has 1 N–H and O–H groups in total. The van der Waals surface area contributed by atoms with Crippen molar-refractivity contribution in [2.75, 3.05) is 26.0 Å². The molecule has 0 spiro atoms. The lowest BCUT2D eigenvalue weighted by Crippen LogP contribution is -2.26. The first-order valence-corrected chi connectivity index (χ1v) is 8.24. The molecule has 1 aliphatic rings. The summed E-state index contributed by atoms with van der Waals surface area (Å²) in [4.78, 5) is 3.03. The van der Waals surface area contributed by atoms with Crippen molar-refractivity contribution in [3.8, 4) is 5.75 Å². The first-order chi connectivity index (χ1) is 11.1. The summed E-state index contributed by atoms with van der Waals surface area (Å²) in [5, 5.41) is 3.35. The number of thiocarbonyl (C=S) groups is 1. The Morgan fingerprint density at radius 2 is 2.00 bits per heavy atom. The van der Waals surface area contributed by atoms with Crippen LogP contribution in [0.3, 0.4) is 0 Å². The molecule has 0 saturated carbocycles. The van der Waals surface area contributed by atoms with Crippen molar-refractivity contribution < 1.29 is 4.74 Å². The summed E-state index contributed by atoms with van der Waals surface area (Å²) in [5.41, 5.74) is 5.93. The Labute approximate surface area is 143 Å². The van der Waals surface area contributed by atoms with Gasteiger partial charge in [-0.1, -0.05) is 24.4 Å². The van der Waals surface area contributed by atoms with Gasteiger partial charge in [-0.25, -0.2) is 0 Å². The summed E-state index contributed by atoms with van der Waals surface area (Å²) in [6, 6.07) is 12.6. The van der Waals surface area contributed by atoms with Gasteiger partial charge in [0.2, 0.25) is 0 Å². The van der Waals surface area contributed by atoms with Gasteiger partial charge in [0.25, 0.3) is 0 Å². The van der Waals surface area contributed by atoms with Gasteiger partial charge >= 0.3 is 0 Å². The molecule has 0 aliphatic carbocycles. The van der Waals surface area contributed by atoms with Crippen LogP contribution in [0.25, 0.3) is 0 Å². The van der Waals surface area contributed by atoms with Crippen LogP contribution in [0.4, 0.5) is 5.69 Å². The lowest BCUT2D eigenvalue weighted by Gasteiger charge is -2.25. The van der Waals surface area contributed by atoms with E-state index >= 15 is 0 Å². The van der Waals surface area contributed by atoms with Crippen LogP contribution in [0.1, 0.15) is 22.3 Å². The number of methoxy groups -OCH3 is 1. The highest BCUT2D eigenvalue weighted by molar-refractivity contribution is 7.81. The van der Waals surface area contributed by atoms with Gasteiger partial charge in [-0.3, -0.25) is 0 Å². The highest BCUT2D eigenvalue weighted by atomic mass is 32.1. The van der Waals surface area contributed by atoms with Crippen molar-refractivity contribution >= 4 is 22.9 Å². The first kappa shape index (κ1) is 16.0. The molecule has 1 aliphatic heterocycles. The molecular weight excluding hydrogens is 304 g/mol. The second-order valence-electron chi connectivity index (χ2n) is 6.13. The molecule has 0 fully saturated rings. The molecule has 1 heterocycles. The quantitative estimate of drug-likeness (QED) is 0.868. The average Bonchev–Trinajstić information content (AvgIpc) is 2.54. The van der Waals surface area contributed by atoms with Crippen LogP contribution in [0.15, 0.2) is 36.4 Å². The number of nitrogens with one attached hydrogen (secondary N) is 1. The van der Waals surface area contributed by atoms with E-state index in [2.05, 4.69) is 35.5 Å². The zero-order valence-corrected chi connectivity index (χ0v) is 14.7. The number of hydrogen-bond acceptors (Lipinski definition) is 3. The highest BCUT2D eigenvalue weighted by Crippen LogP contribution is 2.25. The van der Waals surface area contributed by atoms with E-state index in [-0.39, 0.29) is 0 Å². The number of likely N-dealkylation sites (N-methyl/N-ethyl adjacent to an activating group) is 1. The molecule has 2 aromatic carbocycles. The molecule has 3 nitrogen and oxygen atoms in total. The van der Waals surface area contributed by atoms with E-state index in [1.54, 1.807) is 7.11 Å². The minimum absolute atomic E-state index is 0.686. The SMILES string of the molecule is COc1cc(C)ccc1C(=S)Nc1ccc2c(c1)CN(C)CC2. The van der Waals surface area contributed by atoms with Gasteiger partial charge in [0.05, 0.1) is 12.7 Å². The van der Waals surface area contributed by atoms with Crippen molar-refractivity contribution in [1.29, 1.82) is 0 Å². The smallest absolute Gasteiger partial charge is 0.129 e. The Kier molecular flexibility index (Phi) is 4.64. The van der Waals surface area contributed by atoms with E-state index in [0.29, 0.717) is 4.99 Å². The van der Waals surface area contributed by atoms with Crippen molar-refractivity contribution in [2.24, 2.45) is 0 Å². The van der Waals surface area contributed by atoms with Crippen LogP contribution in [-0.2, 0) is 13.0 Å². The molecule has 0 amide bonds. The third-order valence-corrected chi connectivity index (χ3v) is 4.59. The Balaban J connectivity index is 1.82. The topological polar surface area (TPSA) is 24.5 Å². The van der Waals surface area contributed by atoms with Crippen LogP contribution in [0.5, 0.6) is 5.75 Å². The summed E-state index contributed by atoms with van der Waals surface area (Å²) >= 11 is 5.58. The maximum atomic E-state index is 5.58. The number of ether oxygens (including phenoxy) is 1. The summed E-state index contributed by atoms with van der Waals surface area (Å²) in [5.74, 6) is 0.806. The predicted molar refractivity (Wildman–Crippen MR) is 99.5 cm³/mol. The molecule has 120 valence electrons. The van der Waals surface area contributed by atoms with Crippen molar-refractivity contribution in [2.45, 2.75) is 19.9 Å². The van der Waals surface area contributed by atoms with Gasteiger partial charge in [0.15, 0.2) is 0 Å². The van der Waals surface area contributed by atoms with E-state index in [0.717, 1.165) is 42.1 Å². The average molecular weight is 326 g/mol. The fourth-order valence-electron chi connectivity index (χ4n) is 2.96. The second-order valence-corrected chi connectivity index (χ2v) is 6.54. The largest absolute Gasteiger partial charge is 0.496 e. The minimum Gasteiger partial charge on any atom is -0.496 e. The predicted octanol–water partition coefficient (Wildman–Crippen LogP) is 3.78. The van der Waals surface area contributed by atoms with Gasteiger partial charge in [-0.2, -0.15) is 0 Å². The van der Waals surface area contributed by atoms with E-state index in [4.69, 9.17) is 17.0 Å². The van der Waals surface area contributed by atoms with E-state index in [1.807, 2.05) is 25.1 Å². The standard InChI is InChI=1S/C19H22N2OS/c1-13-4-7-17(18(10-13)22-3)19(23)20-16-6-5-14-8-9-21(2)12-15(14)11-16/h4-7,10-11H,8-9,12H2,1-3H3,(H,20,23). The van der Waals surface area contributed by atoms with Crippen LogP contribution in [0, 0.1) is 6.92 Å². The van der Waals surface area contributed by atoms with Crippen LogP contribution in [-0.4, -0.2) is 30.6 Å². The van der Waals surface area contributed by atoms with Gasteiger partial charge in [0, 0.05) is 18.8 Å². The summed E-state index contributed by atoms with van der Waals surface area (Å²) < 4.78 is 5.46. The molecule has 23 heavy (non-hydrogen) atoms. The van der Waals surface area contributed by atoms with Crippen LogP contribution in [0.2, 0.25) is 0 Å². The number of benzene rings is 2. The zero-order chi connectivity index (χ0) is 16.4. The fourth-order valence-corrected chi connectivity index (χ4v) is 3.25. The Hall–Kier alpha value is -1.91. The number of hydrogen-bond donors (Lipinski definition) is 1. The fraction of sp³-hybridized carbons (Fsp3) is 0.316. The number of anilines is 1. The molecule has 0 bridgehead atoms. The third-order valence-electron chi connectivity index (χ3n) is 4.27. The highest BCUT2D eigenvalue weighted by Gasteiger charge is 2.14. The van der Waals surface area contributed by atoms with E-state index < -0.39 is 0 Å². The van der Waals surface area contributed by atoms with E-state index in [1.165, 1.54) is 11.1 Å². The van der Waals surface area contributed by atoms with Gasteiger partial charge in [0.1, 0.15) is 10.7 Å². The molecular formula is C19H22N2OS. The number of aryl methyl sites for hydroxylation is 1. The van der Waals surface area contributed by atoms with Crippen molar-refractivity contribution in [3.05, 3.63) is 58.7 Å². The first-order valence-electron chi connectivity index (χ1n) is 7.83. The molecule has 2 aromatic rings. The van der Waals surface area contributed by atoms with E-state index in [9.17, 15) is 0 Å². The molecule has 0 radical (unpaired) electrons. The zero-order valence-electron chi connectivity index (χ0n) is 13.8. The Bertz CT molecular complexity index is 742. The Morgan fingerprint density at radius 3 is 2.78 bits per heavy atom. The minimum atomic E-state index is 0.686. The Morgan fingerprint density at radius 1 is 1.17 bits per heavy atom.